The molecule has 0 amide bonds. The second-order valence-corrected chi connectivity index (χ2v) is 5.25. The summed E-state index contributed by atoms with van der Waals surface area (Å²) in [5.41, 5.74) is 7.99. The van der Waals surface area contributed by atoms with Gasteiger partial charge in [-0.1, -0.05) is 34.1 Å². The van der Waals surface area contributed by atoms with Crippen molar-refractivity contribution in [1.82, 2.24) is 0 Å². The second-order valence-electron chi connectivity index (χ2n) is 4.33. The second kappa shape index (κ2) is 6.17. The highest BCUT2D eigenvalue weighted by molar-refractivity contribution is 9.10. The van der Waals surface area contributed by atoms with Crippen LogP contribution in [0.15, 0.2) is 46.9 Å². The smallest absolute Gasteiger partial charge is 0.165 e. The van der Waals surface area contributed by atoms with Crippen LogP contribution in [0.4, 0.5) is 4.39 Å². The maximum absolute atomic E-state index is 13.6. The van der Waals surface area contributed by atoms with E-state index in [1.54, 1.807) is 12.1 Å². The van der Waals surface area contributed by atoms with Crippen LogP contribution in [0.2, 0.25) is 0 Å². The predicted octanol–water partition coefficient (Wildman–Crippen LogP) is 3.84. The minimum atomic E-state index is -0.385. The predicted molar refractivity (Wildman–Crippen MR) is 77.7 cm³/mol. The van der Waals surface area contributed by atoms with Crippen molar-refractivity contribution in [1.29, 1.82) is 0 Å². The third-order valence-electron chi connectivity index (χ3n) is 2.95. The van der Waals surface area contributed by atoms with Crippen molar-refractivity contribution in [3.05, 3.63) is 63.9 Å². The zero-order chi connectivity index (χ0) is 13.8. The average molecular weight is 324 g/mol. The van der Waals surface area contributed by atoms with Crippen molar-refractivity contribution < 1.29 is 9.13 Å². The number of halogens is 2. The summed E-state index contributed by atoms with van der Waals surface area (Å²) in [5, 5.41) is 0. The molecule has 2 N–H and O–H groups in total. The van der Waals surface area contributed by atoms with E-state index in [0.717, 1.165) is 15.6 Å². The Labute approximate surface area is 120 Å². The molecule has 1 atom stereocenters. The van der Waals surface area contributed by atoms with Crippen LogP contribution >= 0.6 is 15.9 Å². The highest BCUT2D eigenvalue weighted by atomic mass is 79.9. The van der Waals surface area contributed by atoms with Gasteiger partial charge in [-0.2, -0.15) is 0 Å². The highest BCUT2D eigenvalue weighted by Crippen LogP contribution is 2.23. The maximum Gasteiger partial charge on any atom is 0.165 e. The molecule has 1 unspecified atom stereocenters. The normalized spacial score (nSPS) is 12.2. The number of hydrogen-bond acceptors (Lipinski definition) is 2. The lowest BCUT2D eigenvalue weighted by Gasteiger charge is -2.13. The molecule has 0 aliphatic carbocycles. The quantitative estimate of drug-likeness (QED) is 0.927. The van der Waals surface area contributed by atoms with Crippen molar-refractivity contribution >= 4 is 15.9 Å². The minimum absolute atomic E-state index is 0.235. The third kappa shape index (κ3) is 3.55. The van der Waals surface area contributed by atoms with E-state index in [1.807, 2.05) is 24.3 Å². The fourth-order valence-electron chi connectivity index (χ4n) is 1.95. The van der Waals surface area contributed by atoms with Gasteiger partial charge in [0, 0.05) is 10.5 Å². The van der Waals surface area contributed by atoms with Crippen molar-refractivity contribution in [2.45, 2.75) is 12.5 Å². The molecule has 0 saturated heterocycles. The van der Waals surface area contributed by atoms with Crippen molar-refractivity contribution in [2.75, 3.05) is 7.11 Å². The molecule has 100 valence electrons. The fraction of sp³-hybridized carbons (Fsp3) is 0.200. The molecule has 4 heteroatoms. The Balaban J connectivity index is 2.15. The van der Waals surface area contributed by atoms with E-state index in [9.17, 15) is 4.39 Å². The Morgan fingerprint density at radius 3 is 2.68 bits per heavy atom. The van der Waals surface area contributed by atoms with Gasteiger partial charge in [0.15, 0.2) is 11.6 Å². The largest absolute Gasteiger partial charge is 0.494 e. The topological polar surface area (TPSA) is 35.2 Å². The SMILES string of the molecule is COc1ccc(C(N)Cc2cccc(Br)c2)cc1F. The Bertz CT molecular complexity index is 574. The Morgan fingerprint density at radius 2 is 2.05 bits per heavy atom. The van der Waals surface area contributed by atoms with Crippen LogP contribution in [-0.4, -0.2) is 7.11 Å². The lowest BCUT2D eigenvalue weighted by molar-refractivity contribution is 0.386. The number of rotatable bonds is 4. The molecule has 2 aromatic rings. The van der Waals surface area contributed by atoms with Gasteiger partial charge < -0.3 is 10.5 Å². The average Bonchev–Trinajstić information content (AvgIpc) is 2.38. The van der Waals surface area contributed by atoms with E-state index in [4.69, 9.17) is 10.5 Å². The van der Waals surface area contributed by atoms with Crippen LogP contribution in [0.25, 0.3) is 0 Å². The van der Waals surface area contributed by atoms with Gasteiger partial charge in [-0.05, 0) is 41.8 Å². The summed E-state index contributed by atoms with van der Waals surface area (Å²) < 4.78 is 19.5. The van der Waals surface area contributed by atoms with E-state index in [0.29, 0.717) is 6.42 Å². The summed E-state index contributed by atoms with van der Waals surface area (Å²) in [7, 11) is 1.44. The standard InChI is InChI=1S/C15H15BrFNO/c1-19-15-6-5-11(9-13(15)17)14(18)8-10-3-2-4-12(16)7-10/h2-7,9,14H,8,18H2,1H3. The monoisotopic (exact) mass is 323 g/mol. The molecule has 0 aliphatic heterocycles. The summed E-state index contributed by atoms with van der Waals surface area (Å²) in [6.45, 7) is 0. The molecular formula is C15H15BrFNO. The van der Waals surface area contributed by atoms with E-state index in [-0.39, 0.29) is 17.6 Å². The van der Waals surface area contributed by atoms with E-state index < -0.39 is 0 Å². The van der Waals surface area contributed by atoms with Gasteiger partial charge in [0.05, 0.1) is 7.11 Å². The number of ether oxygens (including phenoxy) is 1. The fourth-order valence-corrected chi connectivity index (χ4v) is 2.40. The molecule has 0 bridgehead atoms. The van der Waals surface area contributed by atoms with Gasteiger partial charge in [-0.25, -0.2) is 4.39 Å². The molecule has 0 fully saturated rings. The minimum Gasteiger partial charge on any atom is -0.494 e. The van der Waals surface area contributed by atoms with Crippen molar-refractivity contribution in [2.24, 2.45) is 5.73 Å². The van der Waals surface area contributed by atoms with Gasteiger partial charge in [-0.15, -0.1) is 0 Å². The third-order valence-corrected chi connectivity index (χ3v) is 3.44. The lowest BCUT2D eigenvalue weighted by atomic mass is 9.99. The Morgan fingerprint density at radius 1 is 1.26 bits per heavy atom. The van der Waals surface area contributed by atoms with Crippen LogP contribution in [-0.2, 0) is 6.42 Å². The lowest BCUT2D eigenvalue weighted by Crippen LogP contribution is -2.13. The van der Waals surface area contributed by atoms with Gasteiger partial charge in [0.2, 0.25) is 0 Å². The summed E-state index contributed by atoms with van der Waals surface area (Å²) in [6, 6.07) is 12.5. The Kier molecular flexibility index (Phi) is 4.56. The summed E-state index contributed by atoms with van der Waals surface area (Å²) in [5.74, 6) is -0.150. The van der Waals surface area contributed by atoms with Crippen LogP contribution in [0.3, 0.4) is 0 Å². The molecule has 0 heterocycles. The molecule has 2 nitrogen and oxygen atoms in total. The maximum atomic E-state index is 13.6. The van der Waals surface area contributed by atoms with E-state index in [1.165, 1.54) is 13.2 Å². The van der Waals surface area contributed by atoms with Gasteiger partial charge in [-0.3, -0.25) is 0 Å². The summed E-state index contributed by atoms with van der Waals surface area (Å²) in [6.07, 6.45) is 0.658. The number of benzene rings is 2. The van der Waals surface area contributed by atoms with Crippen LogP contribution in [0.1, 0.15) is 17.2 Å². The van der Waals surface area contributed by atoms with Gasteiger partial charge >= 0.3 is 0 Å². The molecule has 0 aliphatic rings. The zero-order valence-corrected chi connectivity index (χ0v) is 12.2. The number of nitrogens with two attached hydrogens (primary N) is 1. The molecule has 2 rings (SSSR count). The summed E-state index contributed by atoms with van der Waals surface area (Å²) >= 11 is 3.42. The molecule has 0 saturated carbocycles. The molecule has 0 radical (unpaired) electrons. The van der Waals surface area contributed by atoms with Crippen LogP contribution in [0.5, 0.6) is 5.75 Å². The van der Waals surface area contributed by atoms with Crippen LogP contribution < -0.4 is 10.5 Å². The molecule has 0 spiro atoms. The zero-order valence-electron chi connectivity index (χ0n) is 10.6. The highest BCUT2D eigenvalue weighted by Gasteiger charge is 2.11. The van der Waals surface area contributed by atoms with Crippen molar-refractivity contribution in [3.63, 3.8) is 0 Å². The first-order chi connectivity index (χ1) is 9.10. The first kappa shape index (κ1) is 14.0. The van der Waals surface area contributed by atoms with Gasteiger partial charge in [0.1, 0.15) is 0 Å². The van der Waals surface area contributed by atoms with Gasteiger partial charge in [0.25, 0.3) is 0 Å². The van der Waals surface area contributed by atoms with Crippen molar-refractivity contribution in [3.8, 4) is 5.75 Å². The molecule has 0 aromatic heterocycles. The van der Waals surface area contributed by atoms with E-state index in [2.05, 4.69) is 15.9 Å². The molecular weight excluding hydrogens is 309 g/mol. The number of hydrogen-bond donors (Lipinski definition) is 1. The summed E-state index contributed by atoms with van der Waals surface area (Å²) in [4.78, 5) is 0. The first-order valence-corrected chi connectivity index (χ1v) is 6.73. The molecule has 19 heavy (non-hydrogen) atoms. The first-order valence-electron chi connectivity index (χ1n) is 5.93. The van der Waals surface area contributed by atoms with E-state index >= 15 is 0 Å². The number of methoxy groups -OCH3 is 1. The van der Waals surface area contributed by atoms with Crippen LogP contribution in [0, 0.1) is 5.82 Å². The molecule has 2 aromatic carbocycles. The Hall–Kier alpha value is -1.39.